The first-order valence-electron chi connectivity index (χ1n) is 8.76. The maximum absolute atomic E-state index is 12.1. The minimum absolute atomic E-state index is 0.0215. The van der Waals surface area contributed by atoms with Crippen molar-refractivity contribution in [3.05, 3.63) is 0 Å². The van der Waals surface area contributed by atoms with Gasteiger partial charge in [0.05, 0.1) is 0 Å². The molecule has 2 aliphatic carbocycles. The number of nitrogens with zero attached hydrogens (tertiary/aromatic N) is 1. The molecule has 5 nitrogen and oxygen atoms in total. The number of hydrogen-bond donors (Lipinski definition) is 1. The van der Waals surface area contributed by atoms with Crippen LogP contribution < -0.4 is 5.32 Å². The third-order valence-corrected chi connectivity index (χ3v) is 5.62. The predicted molar refractivity (Wildman–Crippen MR) is 81.8 cm³/mol. The smallest absolute Gasteiger partial charge is 0.229 e. The van der Waals surface area contributed by atoms with Gasteiger partial charge in [0.1, 0.15) is 0 Å². The van der Waals surface area contributed by atoms with E-state index in [0.717, 1.165) is 24.7 Å². The predicted octanol–water partition coefficient (Wildman–Crippen LogP) is 2.00. The van der Waals surface area contributed by atoms with E-state index in [1.807, 2.05) is 0 Å². The van der Waals surface area contributed by atoms with Crippen LogP contribution in [0.15, 0.2) is 0 Å². The van der Waals surface area contributed by atoms with Crippen LogP contribution >= 0.6 is 0 Å². The van der Waals surface area contributed by atoms with Gasteiger partial charge in [-0.25, -0.2) is 0 Å². The summed E-state index contributed by atoms with van der Waals surface area (Å²) < 4.78 is 0. The number of amides is 3. The minimum atomic E-state index is -0.138. The largest absolute Gasteiger partial charge is 0.353 e. The van der Waals surface area contributed by atoms with E-state index in [-0.39, 0.29) is 36.7 Å². The van der Waals surface area contributed by atoms with Gasteiger partial charge in [-0.05, 0) is 31.1 Å². The number of imide groups is 1. The Hall–Kier alpha value is -1.39. The van der Waals surface area contributed by atoms with Gasteiger partial charge in [-0.1, -0.05) is 25.7 Å². The monoisotopic (exact) mass is 306 g/mol. The zero-order chi connectivity index (χ0) is 15.5. The number of carbonyl (C=O) groups is 3. The van der Waals surface area contributed by atoms with E-state index in [0.29, 0.717) is 12.8 Å². The molecule has 0 aromatic heterocycles. The summed E-state index contributed by atoms with van der Waals surface area (Å²) in [5, 5.41) is 3.12. The van der Waals surface area contributed by atoms with Crippen LogP contribution in [0, 0.1) is 11.8 Å². The van der Waals surface area contributed by atoms with Crippen LogP contribution in [0.4, 0.5) is 0 Å². The molecule has 3 rings (SSSR count). The average molecular weight is 306 g/mol. The van der Waals surface area contributed by atoms with Gasteiger partial charge in [0.25, 0.3) is 0 Å². The summed E-state index contributed by atoms with van der Waals surface area (Å²) in [5.74, 6) is 1.36. The normalized spacial score (nSPS) is 32.0. The lowest BCUT2D eigenvalue weighted by atomic mass is 9.69. The van der Waals surface area contributed by atoms with Crippen LogP contribution in [0.1, 0.15) is 64.2 Å². The van der Waals surface area contributed by atoms with E-state index in [4.69, 9.17) is 0 Å². The Morgan fingerprint density at radius 3 is 2.41 bits per heavy atom. The Balaban J connectivity index is 1.42. The molecule has 122 valence electrons. The summed E-state index contributed by atoms with van der Waals surface area (Å²) in [7, 11) is 0. The SMILES string of the molecule is O=C(CCN1C(=O)CCC1=O)N[C@@H]1CC[C@@H]2CCCC[C@@H]2C1. The zero-order valence-electron chi connectivity index (χ0n) is 13.2. The highest BCUT2D eigenvalue weighted by molar-refractivity contribution is 6.02. The fourth-order valence-corrected chi connectivity index (χ4v) is 4.39. The molecule has 3 atom stereocenters. The van der Waals surface area contributed by atoms with Gasteiger partial charge in [0, 0.05) is 31.8 Å². The Bertz CT molecular complexity index is 447. The van der Waals surface area contributed by atoms with Crippen LogP contribution in [0.25, 0.3) is 0 Å². The van der Waals surface area contributed by atoms with Crippen molar-refractivity contribution in [2.45, 2.75) is 70.3 Å². The van der Waals surface area contributed by atoms with Crippen molar-refractivity contribution in [3.63, 3.8) is 0 Å². The van der Waals surface area contributed by atoms with Gasteiger partial charge < -0.3 is 5.32 Å². The van der Waals surface area contributed by atoms with Crippen LogP contribution in [0.5, 0.6) is 0 Å². The molecule has 2 saturated carbocycles. The van der Waals surface area contributed by atoms with Gasteiger partial charge in [-0.15, -0.1) is 0 Å². The number of rotatable bonds is 4. The van der Waals surface area contributed by atoms with Crippen molar-refractivity contribution in [1.29, 1.82) is 0 Å². The average Bonchev–Trinajstić information content (AvgIpc) is 2.84. The van der Waals surface area contributed by atoms with Crippen molar-refractivity contribution < 1.29 is 14.4 Å². The molecule has 0 unspecified atom stereocenters. The Morgan fingerprint density at radius 1 is 1.00 bits per heavy atom. The van der Waals surface area contributed by atoms with E-state index in [1.54, 1.807) is 0 Å². The Morgan fingerprint density at radius 2 is 1.68 bits per heavy atom. The first kappa shape index (κ1) is 15.5. The molecule has 1 aliphatic heterocycles. The Kier molecular flexibility index (Phi) is 4.79. The molecule has 3 fully saturated rings. The summed E-state index contributed by atoms with van der Waals surface area (Å²) in [6.07, 6.45) is 9.64. The minimum Gasteiger partial charge on any atom is -0.353 e. The second-order valence-corrected chi connectivity index (χ2v) is 7.07. The van der Waals surface area contributed by atoms with E-state index in [1.165, 1.54) is 37.0 Å². The standard InChI is InChI=1S/C17H26N2O3/c20-15(9-10-19-16(21)7-8-17(19)22)18-14-6-5-12-3-1-2-4-13(12)11-14/h12-14H,1-11H2,(H,18,20)/t12-,13+,14+/m0/s1. The molecule has 0 spiro atoms. The van der Waals surface area contributed by atoms with Gasteiger partial charge in [-0.2, -0.15) is 0 Å². The topological polar surface area (TPSA) is 66.5 Å². The van der Waals surface area contributed by atoms with Crippen LogP contribution in [0.3, 0.4) is 0 Å². The van der Waals surface area contributed by atoms with E-state index in [9.17, 15) is 14.4 Å². The molecule has 0 aromatic carbocycles. The van der Waals surface area contributed by atoms with Crippen LogP contribution in [-0.4, -0.2) is 35.2 Å². The second kappa shape index (κ2) is 6.80. The molecule has 1 heterocycles. The second-order valence-electron chi connectivity index (χ2n) is 7.07. The van der Waals surface area contributed by atoms with Crippen molar-refractivity contribution in [3.8, 4) is 0 Å². The number of likely N-dealkylation sites (tertiary alicyclic amines) is 1. The molecule has 1 saturated heterocycles. The van der Waals surface area contributed by atoms with Crippen molar-refractivity contribution >= 4 is 17.7 Å². The molecule has 0 aromatic rings. The van der Waals surface area contributed by atoms with Crippen LogP contribution in [-0.2, 0) is 14.4 Å². The van der Waals surface area contributed by atoms with Crippen molar-refractivity contribution in [1.82, 2.24) is 10.2 Å². The lowest BCUT2D eigenvalue weighted by molar-refractivity contribution is -0.138. The molecule has 22 heavy (non-hydrogen) atoms. The lowest BCUT2D eigenvalue weighted by Gasteiger charge is -2.39. The molecule has 3 aliphatic rings. The summed E-state index contributed by atoms with van der Waals surface area (Å²) >= 11 is 0. The van der Waals surface area contributed by atoms with Gasteiger partial charge in [-0.3, -0.25) is 19.3 Å². The van der Waals surface area contributed by atoms with Crippen molar-refractivity contribution in [2.75, 3.05) is 6.54 Å². The fourth-order valence-electron chi connectivity index (χ4n) is 4.39. The zero-order valence-corrected chi connectivity index (χ0v) is 13.2. The number of nitrogens with one attached hydrogen (secondary N) is 1. The molecular weight excluding hydrogens is 280 g/mol. The molecule has 3 amide bonds. The maximum Gasteiger partial charge on any atom is 0.229 e. The quantitative estimate of drug-likeness (QED) is 0.808. The highest BCUT2D eigenvalue weighted by Gasteiger charge is 2.33. The summed E-state index contributed by atoms with van der Waals surface area (Å²) in [6, 6.07) is 0.289. The lowest BCUT2D eigenvalue weighted by Crippen LogP contribution is -2.43. The summed E-state index contributed by atoms with van der Waals surface area (Å²) in [5.41, 5.74) is 0. The number of fused-ring (bicyclic) bond motifs is 1. The highest BCUT2D eigenvalue weighted by Crippen LogP contribution is 2.40. The molecule has 0 bridgehead atoms. The highest BCUT2D eigenvalue weighted by atomic mass is 16.2. The molecular formula is C17H26N2O3. The van der Waals surface area contributed by atoms with Gasteiger partial charge in [0.2, 0.25) is 17.7 Å². The molecule has 1 N–H and O–H groups in total. The van der Waals surface area contributed by atoms with Crippen molar-refractivity contribution in [2.24, 2.45) is 11.8 Å². The van der Waals surface area contributed by atoms with E-state index >= 15 is 0 Å². The van der Waals surface area contributed by atoms with E-state index in [2.05, 4.69) is 5.32 Å². The fraction of sp³-hybridized carbons (Fsp3) is 0.824. The first-order chi connectivity index (χ1) is 10.6. The first-order valence-corrected chi connectivity index (χ1v) is 8.76. The number of carbonyl (C=O) groups excluding carboxylic acids is 3. The van der Waals surface area contributed by atoms with E-state index < -0.39 is 0 Å². The van der Waals surface area contributed by atoms with Gasteiger partial charge in [0.15, 0.2) is 0 Å². The summed E-state index contributed by atoms with van der Waals surface area (Å²) in [6.45, 7) is 0.238. The molecule has 0 radical (unpaired) electrons. The molecule has 5 heteroatoms. The third-order valence-electron chi connectivity index (χ3n) is 5.62. The Labute approximate surface area is 131 Å². The maximum atomic E-state index is 12.1. The van der Waals surface area contributed by atoms with Gasteiger partial charge >= 0.3 is 0 Å². The third kappa shape index (κ3) is 3.50. The summed E-state index contributed by atoms with van der Waals surface area (Å²) in [4.78, 5) is 36.4. The number of hydrogen-bond acceptors (Lipinski definition) is 3. The van der Waals surface area contributed by atoms with Crippen LogP contribution in [0.2, 0.25) is 0 Å².